The standard InChI is InChI=1S/C22H30N4O4/c1-2-3-4-5-11-23-22(28)18-7-6-12-25(15-18)21(27)16-24-13-10-17-14-19(26(29)30)8-9-20(17)24/h8-10,13-14,18H,2-7,11-12,15-16H2,1H3,(H,23,28). The van der Waals surface area contributed by atoms with Gasteiger partial charge in [-0.3, -0.25) is 19.7 Å². The van der Waals surface area contributed by atoms with E-state index in [4.69, 9.17) is 0 Å². The molecule has 1 aromatic heterocycles. The van der Waals surface area contributed by atoms with Gasteiger partial charge < -0.3 is 14.8 Å². The number of hydrogen-bond acceptors (Lipinski definition) is 4. The summed E-state index contributed by atoms with van der Waals surface area (Å²) in [5.74, 6) is -0.146. The first-order chi connectivity index (χ1) is 14.5. The van der Waals surface area contributed by atoms with E-state index in [1.54, 1.807) is 27.8 Å². The number of nitro groups is 1. The third kappa shape index (κ3) is 5.37. The number of non-ortho nitro benzene ring substituents is 1. The molecule has 2 amide bonds. The smallest absolute Gasteiger partial charge is 0.270 e. The fraction of sp³-hybridized carbons (Fsp3) is 0.545. The number of nitrogens with one attached hydrogen (secondary N) is 1. The van der Waals surface area contributed by atoms with E-state index < -0.39 is 4.92 Å². The lowest BCUT2D eigenvalue weighted by Crippen LogP contribution is -2.46. The number of amides is 2. The maximum absolute atomic E-state index is 12.8. The number of unbranched alkanes of at least 4 members (excludes halogenated alkanes) is 3. The van der Waals surface area contributed by atoms with Crippen molar-refractivity contribution >= 4 is 28.4 Å². The van der Waals surface area contributed by atoms with Crippen LogP contribution in [0.5, 0.6) is 0 Å². The molecule has 1 saturated heterocycles. The van der Waals surface area contributed by atoms with Gasteiger partial charge in [-0.05, 0) is 31.4 Å². The molecule has 1 aliphatic rings. The molecule has 8 nitrogen and oxygen atoms in total. The van der Waals surface area contributed by atoms with Gasteiger partial charge >= 0.3 is 0 Å². The van der Waals surface area contributed by atoms with Crippen LogP contribution in [0, 0.1) is 16.0 Å². The average Bonchev–Trinajstić information content (AvgIpc) is 3.15. The second-order valence-corrected chi connectivity index (χ2v) is 7.97. The van der Waals surface area contributed by atoms with Crippen molar-refractivity contribution in [2.24, 2.45) is 5.92 Å². The highest BCUT2D eigenvalue weighted by Crippen LogP contribution is 2.23. The number of piperidine rings is 1. The minimum absolute atomic E-state index is 0.0335. The second-order valence-electron chi connectivity index (χ2n) is 7.97. The molecule has 0 saturated carbocycles. The normalized spacial score (nSPS) is 16.6. The van der Waals surface area contributed by atoms with Gasteiger partial charge in [0.25, 0.3) is 5.69 Å². The van der Waals surface area contributed by atoms with Gasteiger partial charge in [0.1, 0.15) is 6.54 Å². The Morgan fingerprint density at radius 1 is 1.23 bits per heavy atom. The van der Waals surface area contributed by atoms with Gasteiger partial charge in [-0.2, -0.15) is 0 Å². The predicted octanol–water partition coefficient (Wildman–Crippen LogP) is 3.48. The summed E-state index contributed by atoms with van der Waals surface area (Å²) in [6.45, 7) is 4.12. The van der Waals surface area contributed by atoms with Gasteiger partial charge in [-0.1, -0.05) is 26.2 Å². The maximum Gasteiger partial charge on any atom is 0.270 e. The molecule has 0 bridgehead atoms. The van der Waals surface area contributed by atoms with Crippen molar-refractivity contribution in [3.05, 3.63) is 40.6 Å². The first kappa shape index (κ1) is 21.8. The molecule has 0 spiro atoms. The molecule has 3 rings (SSSR count). The van der Waals surface area contributed by atoms with Crippen LogP contribution in [0.2, 0.25) is 0 Å². The number of nitrogens with zero attached hydrogens (tertiary/aromatic N) is 3. The van der Waals surface area contributed by atoms with Crippen molar-refractivity contribution in [1.82, 2.24) is 14.8 Å². The molecule has 1 fully saturated rings. The molecular formula is C22H30N4O4. The topological polar surface area (TPSA) is 97.5 Å². The summed E-state index contributed by atoms with van der Waals surface area (Å²) in [5.41, 5.74) is 0.818. The molecule has 162 valence electrons. The van der Waals surface area contributed by atoms with E-state index in [0.717, 1.165) is 36.6 Å². The quantitative estimate of drug-likeness (QED) is 0.386. The number of hydrogen-bond donors (Lipinski definition) is 1. The largest absolute Gasteiger partial charge is 0.356 e. The highest BCUT2D eigenvalue weighted by atomic mass is 16.6. The zero-order valence-electron chi connectivity index (χ0n) is 17.5. The maximum atomic E-state index is 12.8. The van der Waals surface area contributed by atoms with Crippen LogP contribution in [-0.4, -0.2) is 45.8 Å². The minimum atomic E-state index is -0.426. The third-order valence-corrected chi connectivity index (χ3v) is 5.75. The lowest BCUT2D eigenvalue weighted by molar-refractivity contribution is -0.384. The van der Waals surface area contributed by atoms with E-state index in [1.807, 2.05) is 0 Å². The van der Waals surface area contributed by atoms with Crippen molar-refractivity contribution in [1.29, 1.82) is 0 Å². The number of benzene rings is 1. The highest BCUT2D eigenvalue weighted by Gasteiger charge is 2.28. The number of aromatic nitrogens is 1. The number of rotatable bonds is 9. The number of carbonyl (C=O) groups is 2. The summed E-state index contributed by atoms with van der Waals surface area (Å²) >= 11 is 0. The second kappa shape index (κ2) is 10.2. The summed E-state index contributed by atoms with van der Waals surface area (Å²) < 4.78 is 1.80. The fourth-order valence-corrected chi connectivity index (χ4v) is 4.01. The zero-order chi connectivity index (χ0) is 21.5. The Balaban J connectivity index is 1.56. The van der Waals surface area contributed by atoms with E-state index in [1.165, 1.54) is 25.0 Å². The molecule has 30 heavy (non-hydrogen) atoms. The lowest BCUT2D eigenvalue weighted by Gasteiger charge is -2.32. The summed E-state index contributed by atoms with van der Waals surface area (Å²) in [4.78, 5) is 37.6. The molecule has 0 radical (unpaired) electrons. The van der Waals surface area contributed by atoms with Gasteiger partial charge in [0.2, 0.25) is 11.8 Å². The molecule has 0 aliphatic carbocycles. The van der Waals surface area contributed by atoms with Gasteiger partial charge in [0.15, 0.2) is 0 Å². The Kier molecular flexibility index (Phi) is 7.43. The van der Waals surface area contributed by atoms with Crippen LogP contribution in [0.1, 0.15) is 45.4 Å². The summed E-state index contributed by atoms with van der Waals surface area (Å²) in [6, 6.07) is 6.41. The van der Waals surface area contributed by atoms with Crippen molar-refractivity contribution in [3.8, 4) is 0 Å². The van der Waals surface area contributed by atoms with Crippen LogP contribution in [0.3, 0.4) is 0 Å². The van der Waals surface area contributed by atoms with Crippen molar-refractivity contribution < 1.29 is 14.5 Å². The van der Waals surface area contributed by atoms with Gasteiger partial charge in [0.05, 0.1) is 10.8 Å². The molecule has 1 aliphatic heterocycles. The average molecular weight is 415 g/mol. The third-order valence-electron chi connectivity index (χ3n) is 5.75. The fourth-order valence-electron chi connectivity index (χ4n) is 4.01. The van der Waals surface area contributed by atoms with Crippen molar-refractivity contribution in [2.45, 2.75) is 52.0 Å². The van der Waals surface area contributed by atoms with Crippen molar-refractivity contribution in [3.63, 3.8) is 0 Å². The van der Waals surface area contributed by atoms with Crippen LogP contribution in [0.25, 0.3) is 10.9 Å². The van der Waals surface area contributed by atoms with Crippen LogP contribution < -0.4 is 5.32 Å². The predicted molar refractivity (Wildman–Crippen MR) is 115 cm³/mol. The van der Waals surface area contributed by atoms with Gasteiger partial charge in [-0.15, -0.1) is 0 Å². The number of fused-ring (bicyclic) bond motifs is 1. The summed E-state index contributed by atoms with van der Waals surface area (Å²) in [7, 11) is 0. The molecule has 2 aromatic rings. The Bertz CT molecular complexity index is 908. The Morgan fingerprint density at radius 3 is 2.83 bits per heavy atom. The SMILES string of the molecule is CCCCCCNC(=O)C1CCCN(C(=O)Cn2ccc3cc([N+](=O)[O-])ccc32)C1. The molecule has 2 heterocycles. The molecule has 1 aromatic carbocycles. The first-order valence-electron chi connectivity index (χ1n) is 10.8. The molecule has 8 heteroatoms. The molecule has 1 unspecified atom stereocenters. The van der Waals surface area contributed by atoms with E-state index in [9.17, 15) is 19.7 Å². The monoisotopic (exact) mass is 414 g/mol. The van der Waals surface area contributed by atoms with Gasteiger partial charge in [0, 0.05) is 48.9 Å². The lowest BCUT2D eigenvalue weighted by atomic mass is 9.97. The van der Waals surface area contributed by atoms with E-state index in [0.29, 0.717) is 19.6 Å². The van der Waals surface area contributed by atoms with Crippen LogP contribution >= 0.6 is 0 Å². The Labute approximate surface area is 176 Å². The van der Waals surface area contributed by atoms with E-state index >= 15 is 0 Å². The number of likely N-dealkylation sites (tertiary alicyclic amines) is 1. The number of nitro benzene ring substituents is 1. The van der Waals surface area contributed by atoms with Crippen LogP contribution in [0.4, 0.5) is 5.69 Å². The van der Waals surface area contributed by atoms with E-state index in [-0.39, 0.29) is 30.0 Å². The molecule has 1 atom stereocenters. The Hall–Kier alpha value is -2.90. The Morgan fingerprint density at radius 2 is 2.07 bits per heavy atom. The van der Waals surface area contributed by atoms with Crippen LogP contribution in [-0.2, 0) is 16.1 Å². The molecule has 1 N–H and O–H groups in total. The van der Waals surface area contributed by atoms with Crippen molar-refractivity contribution in [2.75, 3.05) is 19.6 Å². The van der Waals surface area contributed by atoms with Crippen LogP contribution in [0.15, 0.2) is 30.5 Å². The van der Waals surface area contributed by atoms with Gasteiger partial charge in [-0.25, -0.2) is 0 Å². The summed E-state index contributed by atoms with van der Waals surface area (Å²) in [6.07, 6.45) is 7.87. The molecular weight excluding hydrogens is 384 g/mol. The minimum Gasteiger partial charge on any atom is -0.356 e. The number of carbonyl (C=O) groups excluding carboxylic acids is 2. The first-order valence-corrected chi connectivity index (χ1v) is 10.8. The highest BCUT2D eigenvalue weighted by molar-refractivity contribution is 5.85. The van der Waals surface area contributed by atoms with E-state index in [2.05, 4.69) is 12.2 Å². The zero-order valence-corrected chi connectivity index (χ0v) is 17.5. The summed E-state index contributed by atoms with van der Waals surface area (Å²) in [5, 5.41) is 14.7.